The van der Waals surface area contributed by atoms with Crippen molar-refractivity contribution in [2.24, 2.45) is 0 Å². The lowest BCUT2D eigenvalue weighted by Gasteiger charge is -2.18. The van der Waals surface area contributed by atoms with E-state index in [4.69, 9.17) is 9.47 Å². The maximum Gasteiger partial charge on any atom is 0.160 e. The van der Waals surface area contributed by atoms with Gasteiger partial charge in [0.05, 0.1) is 12.2 Å². The lowest BCUT2D eigenvalue weighted by atomic mass is 9.94. The zero-order chi connectivity index (χ0) is 11.4. The average molecular weight is 206 g/mol. The summed E-state index contributed by atoms with van der Waals surface area (Å²) >= 11 is 0. The average Bonchev–Trinajstić information content (AvgIpc) is 2.09. The summed E-state index contributed by atoms with van der Waals surface area (Å²) in [6.45, 7) is 8.07. The van der Waals surface area contributed by atoms with Gasteiger partial charge in [-0.3, -0.25) is 0 Å². The number of para-hydroxylation sites is 1. The normalized spacial score (nSPS) is 10.8. The molecule has 0 aromatic heterocycles. The van der Waals surface area contributed by atoms with Crippen molar-refractivity contribution in [1.82, 2.24) is 0 Å². The molecule has 15 heavy (non-hydrogen) atoms. The lowest BCUT2D eigenvalue weighted by molar-refractivity contribution is 0.200. The number of ether oxygens (including phenoxy) is 2. The van der Waals surface area contributed by atoms with Crippen molar-refractivity contribution in [1.29, 1.82) is 0 Å². The van der Waals surface area contributed by atoms with Gasteiger partial charge in [-0.15, -0.1) is 0 Å². The van der Waals surface area contributed by atoms with Gasteiger partial charge in [-0.1, -0.05) is 12.1 Å². The third-order valence-corrected chi connectivity index (χ3v) is 1.89. The summed E-state index contributed by atoms with van der Waals surface area (Å²) in [5.41, 5.74) is 1.11. The first-order chi connectivity index (χ1) is 7.00. The molecule has 0 spiro atoms. The summed E-state index contributed by atoms with van der Waals surface area (Å²) in [6, 6.07) is 5.97. The Hall–Kier alpha value is -1.12. The minimum absolute atomic E-state index is 0.167. The van der Waals surface area contributed by atoms with Crippen molar-refractivity contribution in [3.05, 3.63) is 18.2 Å². The van der Waals surface area contributed by atoms with Gasteiger partial charge >= 0.3 is 0 Å². The summed E-state index contributed by atoms with van der Waals surface area (Å²) in [7, 11) is 2.03. The van der Waals surface area contributed by atoms with E-state index < -0.39 is 0 Å². The van der Waals surface area contributed by atoms with E-state index in [-0.39, 0.29) is 12.2 Å². The minimum atomic E-state index is 0.167. The van der Waals surface area contributed by atoms with Crippen LogP contribution in [-0.4, -0.2) is 20.1 Å². The van der Waals surface area contributed by atoms with Crippen LogP contribution in [0.5, 0.6) is 11.5 Å². The van der Waals surface area contributed by atoms with Crippen molar-refractivity contribution in [2.45, 2.75) is 39.9 Å². The molecule has 82 valence electrons. The van der Waals surface area contributed by atoms with Crippen molar-refractivity contribution >= 4 is 13.3 Å². The van der Waals surface area contributed by atoms with Crippen LogP contribution >= 0.6 is 0 Å². The first kappa shape index (κ1) is 12.0. The highest BCUT2D eigenvalue weighted by Gasteiger charge is 2.10. The van der Waals surface area contributed by atoms with Gasteiger partial charge in [0, 0.05) is 0 Å². The van der Waals surface area contributed by atoms with Crippen molar-refractivity contribution in [3.63, 3.8) is 0 Å². The third kappa shape index (κ3) is 3.50. The predicted molar refractivity (Wildman–Crippen MR) is 66.1 cm³/mol. The Labute approximate surface area is 93.0 Å². The molecule has 0 fully saturated rings. The molecule has 0 aliphatic heterocycles. The Bertz CT molecular complexity index is 321. The minimum Gasteiger partial charge on any atom is -0.488 e. The molecule has 3 heteroatoms. The van der Waals surface area contributed by atoms with Gasteiger partial charge in [-0.05, 0) is 39.2 Å². The van der Waals surface area contributed by atoms with Crippen LogP contribution in [0.1, 0.15) is 27.7 Å². The van der Waals surface area contributed by atoms with E-state index >= 15 is 0 Å². The van der Waals surface area contributed by atoms with Crippen molar-refractivity contribution in [3.8, 4) is 11.5 Å². The summed E-state index contributed by atoms with van der Waals surface area (Å²) in [5, 5.41) is 0. The SMILES string of the molecule is Bc1cccc(OC(C)C)c1OC(C)C. The topological polar surface area (TPSA) is 18.5 Å². The Morgan fingerprint density at radius 2 is 1.60 bits per heavy atom. The Morgan fingerprint density at radius 3 is 2.13 bits per heavy atom. The third-order valence-electron chi connectivity index (χ3n) is 1.89. The van der Waals surface area contributed by atoms with Crippen LogP contribution in [0.4, 0.5) is 0 Å². The van der Waals surface area contributed by atoms with Crippen LogP contribution in [0.2, 0.25) is 0 Å². The highest BCUT2D eigenvalue weighted by Crippen LogP contribution is 2.26. The molecular formula is C12H19BO2. The number of rotatable bonds is 4. The molecule has 0 unspecified atom stereocenters. The maximum atomic E-state index is 5.75. The van der Waals surface area contributed by atoms with E-state index in [1.165, 1.54) is 0 Å². The quantitative estimate of drug-likeness (QED) is 0.695. The largest absolute Gasteiger partial charge is 0.488 e. The van der Waals surface area contributed by atoms with Crippen LogP contribution in [0, 0.1) is 0 Å². The fraction of sp³-hybridized carbons (Fsp3) is 0.500. The number of benzene rings is 1. The molecule has 0 atom stereocenters. The molecule has 0 saturated carbocycles. The van der Waals surface area contributed by atoms with Crippen molar-refractivity contribution < 1.29 is 9.47 Å². The van der Waals surface area contributed by atoms with Crippen LogP contribution < -0.4 is 14.9 Å². The maximum absolute atomic E-state index is 5.75. The molecule has 1 rings (SSSR count). The van der Waals surface area contributed by atoms with E-state index in [0.717, 1.165) is 17.0 Å². The van der Waals surface area contributed by atoms with Gasteiger partial charge in [-0.2, -0.15) is 0 Å². The number of hydrogen-bond donors (Lipinski definition) is 0. The summed E-state index contributed by atoms with van der Waals surface area (Å²) in [4.78, 5) is 0. The van der Waals surface area contributed by atoms with E-state index in [1.807, 2.05) is 53.7 Å². The second-order valence-electron chi connectivity index (χ2n) is 4.24. The Balaban J connectivity index is 2.97. The summed E-state index contributed by atoms with van der Waals surface area (Å²) in [6.07, 6.45) is 0.335. The van der Waals surface area contributed by atoms with E-state index in [9.17, 15) is 0 Å². The molecule has 2 nitrogen and oxygen atoms in total. The van der Waals surface area contributed by atoms with Crippen LogP contribution in [0.3, 0.4) is 0 Å². The fourth-order valence-corrected chi connectivity index (χ4v) is 1.36. The summed E-state index contributed by atoms with van der Waals surface area (Å²) in [5.74, 6) is 1.69. The van der Waals surface area contributed by atoms with Gasteiger partial charge in [-0.25, -0.2) is 0 Å². The van der Waals surface area contributed by atoms with E-state index in [0.29, 0.717) is 0 Å². The van der Waals surface area contributed by atoms with E-state index in [1.54, 1.807) is 0 Å². The Kier molecular flexibility index (Phi) is 4.07. The monoisotopic (exact) mass is 206 g/mol. The van der Waals surface area contributed by atoms with Gasteiger partial charge in [0.1, 0.15) is 7.85 Å². The van der Waals surface area contributed by atoms with E-state index in [2.05, 4.69) is 0 Å². The molecule has 0 aliphatic rings. The van der Waals surface area contributed by atoms with Gasteiger partial charge < -0.3 is 9.47 Å². The summed E-state index contributed by atoms with van der Waals surface area (Å²) < 4.78 is 11.5. The first-order valence-corrected chi connectivity index (χ1v) is 5.43. The first-order valence-electron chi connectivity index (χ1n) is 5.43. The van der Waals surface area contributed by atoms with Crippen LogP contribution in [0.25, 0.3) is 0 Å². The number of hydrogen-bond acceptors (Lipinski definition) is 2. The smallest absolute Gasteiger partial charge is 0.160 e. The zero-order valence-electron chi connectivity index (χ0n) is 10.2. The molecule has 0 heterocycles. The standard InChI is InChI=1S/C12H19BO2/c1-8(2)14-11-7-5-6-10(13)12(11)15-9(3)4/h5-9H,13H2,1-4H3. The molecule has 0 aliphatic carbocycles. The highest BCUT2D eigenvalue weighted by atomic mass is 16.5. The second-order valence-corrected chi connectivity index (χ2v) is 4.24. The predicted octanol–water partition coefficient (Wildman–Crippen LogP) is 1.52. The molecule has 0 N–H and O–H groups in total. The molecule has 0 bridgehead atoms. The van der Waals surface area contributed by atoms with Gasteiger partial charge in [0.2, 0.25) is 0 Å². The van der Waals surface area contributed by atoms with Gasteiger partial charge in [0.25, 0.3) is 0 Å². The fourth-order valence-electron chi connectivity index (χ4n) is 1.36. The highest BCUT2D eigenvalue weighted by molar-refractivity contribution is 6.34. The Morgan fingerprint density at radius 1 is 1.00 bits per heavy atom. The molecule has 0 amide bonds. The molecular weight excluding hydrogens is 187 g/mol. The van der Waals surface area contributed by atoms with Crippen LogP contribution in [0.15, 0.2) is 18.2 Å². The second kappa shape index (κ2) is 5.10. The van der Waals surface area contributed by atoms with Gasteiger partial charge in [0.15, 0.2) is 11.5 Å². The lowest BCUT2D eigenvalue weighted by Crippen LogP contribution is -2.17. The van der Waals surface area contributed by atoms with Crippen LogP contribution in [-0.2, 0) is 0 Å². The van der Waals surface area contributed by atoms with Crippen molar-refractivity contribution in [2.75, 3.05) is 0 Å². The molecule has 0 radical (unpaired) electrons. The molecule has 1 aromatic rings. The molecule has 1 aromatic carbocycles. The zero-order valence-corrected chi connectivity index (χ0v) is 10.2. The molecule has 0 saturated heterocycles.